The maximum Gasteiger partial charge on any atom is 0.0541 e. The molecule has 0 radical (unpaired) electrons. The largest absolute Gasteiger partial charge is 0.310 e. The molecule has 0 aliphatic heterocycles. The Kier molecular flexibility index (Phi) is 8.26. The van der Waals surface area contributed by atoms with Gasteiger partial charge in [-0.1, -0.05) is 164 Å². The van der Waals surface area contributed by atoms with E-state index in [4.69, 9.17) is 0 Å². The van der Waals surface area contributed by atoms with E-state index in [-0.39, 0.29) is 5.41 Å². The third kappa shape index (κ3) is 5.72. The second-order valence-electron chi connectivity index (χ2n) is 19.8. The highest BCUT2D eigenvalue weighted by atomic mass is 15.1. The van der Waals surface area contributed by atoms with Crippen LogP contribution in [0.4, 0.5) is 17.1 Å². The van der Waals surface area contributed by atoms with Crippen molar-refractivity contribution in [1.82, 2.24) is 4.57 Å². The summed E-state index contributed by atoms with van der Waals surface area (Å²) in [5.74, 6) is 4.74. The number of fused-ring (bicyclic) bond motifs is 4. The van der Waals surface area contributed by atoms with Crippen molar-refractivity contribution in [3.8, 4) is 39.1 Å². The summed E-state index contributed by atoms with van der Waals surface area (Å²) in [5, 5.41) is 5.12. The third-order valence-electron chi connectivity index (χ3n) is 16.7. The van der Waals surface area contributed by atoms with Crippen LogP contribution in [0.5, 0.6) is 0 Å². The number of nitrogens with zero attached hydrogens (tertiary/aromatic N) is 2. The zero-order chi connectivity index (χ0) is 42.6. The number of rotatable bonds is 8. The first-order chi connectivity index (χ1) is 32.2. The molecule has 0 spiro atoms. The second kappa shape index (κ2) is 14.4. The zero-order valence-electron chi connectivity index (χ0n) is 36.5. The first-order valence-electron chi connectivity index (χ1n) is 23.9. The van der Waals surface area contributed by atoms with Crippen LogP contribution in [0.1, 0.15) is 37.7 Å². The molecule has 1 aromatic heterocycles. The fraction of sp³-hybridized carbons (Fsp3) is 0.175. The van der Waals surface area contributed by atoms with Crippen LogP contribution < -0.4 is 4.90 Å². The molecule has 9 aromatic carbocycles. The van der Waals surface area contributed by atoms with Gasteiger partial charge in [-0.2, -0.15) is 0 Å². The normalized spacial score (nSPS) is 22.7. The summed E-state index contributed by atoms with van der Waals surface area (Å²) in [6, 6.07) is 79.2. The van der Waals surface area contributed by atoms with Gasteiger partial charge in [-0.05, 0) is 160 Å². The molecule has 10 aromatic rings. The van der Waals surface area contributed by atoms with E-state index < -0.39 is 0 Å². The predicted molar refractivity (Wildman–Crippen MR) is 271 cm³/mol. The van der Waals surface area contributed by atoms with E-state index in [2.05, 4.69) is 222 Å². The molecule has 2 heteroatoms. The van der Waals surface area contributed by atoms with Crippen molar-refractivity contribution >= 4 is 49.6 Å². The molecule has 312 valence electrons. The lowest BCUT2D eigenvalue weighted by atomic mass is 9.51. The summed E-state index contributed by atoms with van der Waals surface area (Å²) < 4.78 is 2.43. The Morgan fingerprint density at radius 1 is 0.400 bits per heavy atom. The van der Waals surface area contributed by atoms with Crippen molar-refractivity contribution in [2.45, 2.75) is 37.5 Å². The van der Waals surface area contributed by atoms with Crippen LogP contribution in [-0.4, -0.2) is 4.57 Å². The molecule has 65 heavy (non-hydrogen) atoms. The lowest BCUT2D eigenvalue weighted by Gasteiger charge is -2.54. The molecular formula is C63H50N2. The van der Waals surface area contributed by atoms with Crippen molar-refractivity contribution in [2.75, 3.05) is 4.90 Å². The molecule has 3 atom stereocenters. The fourth-order valence-corrected chi connectivity index (χ4v) is 14.3. The molecule has 15 rings (SSSR count). The average Bonchev–Trinajstić information content (AvgIpc) is 3.94. The van der Waals surface area contributed by atoms with Crippen molar-refractivity contribution < 1.29 is 0 Å². The van der Waals surface area contributed by atoms with Gasteiger partial charge in [-0.15, -0.1) is 0 Å². The van der Waals surface area contributed by atoms with E-state index in [0.717, 1.165) is 29.6 Å². The van der Waals surface area contributed by atoms with Gasteiger partial charge in [0, 0.05) is 33.4 Å². The second-order valence-corrected chi connectivity index (χ2v) is 19.8. The molecule has 1 heterocycles. The van der Waals surface area contributed by atoms with Crippen LogP contribution in [-0.2, 0) is 5.41 Å². The third-order valence-corrected chi connectivity index (χ3v) is 16.7. The highest BCUT2D eigenvalue weighted by Crippen LogP contribution is 2.73. The van der Waals surface area contributed by atoms with Crippen LogP contribution in [0, 0.1) is 29.6 Å². The Morgan fingerprint density at radius 3 is 1.60 bits per heavy atom. The summed E-state index contributed by atoms with van der Waals surface area (Å²) in [6.45, 7) is 0. The molecule has 6 bridgehead atoms. The molecule has 5 saturated carbocycles. The van der Waals surface area contributed by atoms with Crippen molar-refractivity contribution in [3.63, 3.8) is 0 Å². The van der Waals surface area contributed by atoms with Gasteiger partial charge < -0.3 is 9.47 Å². The van der Waals surface area contributed by atoms with Gasteiger partial charge in [0.1, 0.15) is 0 Å². The van der Waals surface area contributed by atoms with Crippen molar-refractivity contribution in [2.24, 2.45) is 29.6 Å². The van der Waals surface area contributed by atoms with Gasteiger partial charge >= 0.3 is 0 Å². The Hall–Kier alpha value is -7.16. The van der Waals surface area contributed by atoms with Crippen LogP contribution in [0.15, 0.2) is 212 Å². The summed E-state index contributed by atoms with van der Waals surface area (Å²) in [4.78, 5) is 2.57. The van der Waals surface area contributed by atoms with Gasteiger partial charge in [0.15, 0.2) is 0 Å². The topological polar surface area (TPSA) is 8.17 Å². The number of hydrogen-bond donors (Lipinski definition) is 0. The predicted octanol–water partition coefficient (Wildman–Crippen LogP) is 16.7. The minimum Gasteiger partial charge on any atom is -0.310 e. The fourth-order valence-electron chi connectivity index (χ4n) is 14.3. The van der Waals surface area contributed by atoms with Crippen LogP contribution >= 0.6 is 0 Å². The number of anilines is 3. The minimum atomic E-state index is 0.263. The smallest absolute Gasteiger partial charge is 0.0541 e. The van der Waals surface area contributed by atoms with E-state index in [0.29, 0.717) is 0 Å². The average molecular weight is 835 g/mol. The van der Waals surface area contributed by atoms with E-state index in [9.17, 15) is 0 Å². The quantitative estimate of drug-likeness (QED) is 0.148. The van der Waals surface area contributed by atoms with E-state index in [1.165, 1.54) is 121 Å². The highest BCUT2D eigenvalue weighted by molar-refractivity contribution is 6.09. The van der Waals surface area contributed by atoms with Gasteiger partial charge in [0.05, 0.1) is 16.7 Å². The first-order valence-corrected chi connectivity index (χ1v) is 23.9. The Bertz CT molecular complexity index is 3370. The van der Waals surface area contributed by atoms with E-state index in [1.54, 1.807) is 5.56 Å². The van der Waals surface area contributed by atoms with Crippen LogP contribution in [0.3, 0.4) is 0 Å². The molecule has 0 saturated heterocycles. The van der Waals surface area contributed by atoms with Crippen LogP contribution in [0.2, 0.25) is 0 Å². The number of para-hydroxylation sites is 4. The van der Waals surface area contributed by atoms with Gasteiger partial charge in [-0.3, -0.25) is 0 Å². The standard InChI is InChI=1S/C63H50N2/c1-2-14-51-43(12-1)13-11-18-52(51)44-30-34-50(35-31-44)64(61-23-10-6-19-57(61)63-38-47-36-46-37-48(39-63)62(47)56(46)40-63)49-32-28-42(29-33-49)41-24-26-45(27-25-41)53-15-3-7-20-58(53)65-59-21-8-4-16-54(59)55-17-5-9-22-60(55)65/h1-35,46-48,56,62H,36-40H2/t46?,47-,48-,56?,62?,63?/m0/s1. The summed E-state index contributed by atoms with van der Waals surface area (Å²) in [6.07, 6.45) is 7.06. The molecule has 5 fully saturated rings. The van der Waals surface area contributed by atoms with Crippen molar-refractivity contribution in [3.05, 3.63) is 218 Å². The van der Waals surface area contributed by atoms with Gasteiger partial charge in [0.2, 0.25) is 0 Å². The Labute approximate surface area is 381 Å². The lowest BCUT2D eigenvalue weighted by molar-refractivity contribution is 0.0227. The monoisotopic (exact) mass is 834 g/mol. The Balaban J connectivity index is 0.836. The Morgan fingerprint density at radius 2 is 0.908 bits per heavy atom. The number of benzene rings is 9. The molecule has 5 aliphatic carbocycles. The van der Waals surface area contributed by atoms with Gasteiger partial charge in [0.25, 0.3) is 0 Å². The molecule has 5 aliphatic rings. The zero-order valence-corrected chi connectivity index (χ0v) is 36.5. The molecule has 1 unspecified atom stereocenters. The molecular weight excluding hydrogens is 785 g/mol. The molecule has 0 amide bonds. The molecule has 2 nitrogen and oxygen atoms in total. The van der Waals surface area contributed by atoms with Crippen LogP contribution in [0.25, 0.3) is 71.6 Å². The summed E-state index contributed by atoms with van der Waals surface area (Å²) in [5.41, 5.74) is 16.6. The summed E-state index contributed by atoms with van der Waals surface area (Å²) >= 11 is 0. The molecule has 0 N–H and O–H groups in total. The van der Waals surface area contributed by atoms with Gasteiger partial charge in [-0.25, -0.2) is 0 Å². The van der Waals surface area contributed by atoms with E-state index >= 15 is 0 Å². The number of hydrogen-bond acceptors (Lipinski definition) is 1. The lowest BCUT2D eigenvalue weighted by Crippen LogP contribution is -2.47. The highest BCUT2D eigenvalue weighted by Gasteiger charge is 2.65. The maximum absolute atomic E-state index is 2.57. The minimum absolute atomic E-state index is 0.263. The van der Waals surface area contributed by atoms with E-state index in [1.807, 2.05) is 0 Å². The first kappa shape index (κ1) is 37.2. The summed E-state index contributed by atoms with van der Waals surface area (Å²) in [7, 11) is 0. The SMILES string of the molecule is c1ccc(-n2c3ccccc3c3ccccc32)c(-c2ccc(-c3ccc(N(c4ccc(-c5cccc6ccccc56)cc4)c4ccccc4C45CC6C7C[C@@H](C4)C6[C@@H](C7)C5)cc3)cc2)c1. The van der Waals surface area contributed by atoms with Crippen molar-refractivity contribution in [1.29, 1.82) is 0 Å². The maximum atomic E-state index is 2.57. The number of aromatic nitrogens is 1.